The third kappa shape index (κ3) is 3.77. The number of likely N-dealkylation sites (tertiary alicyclic amines) is 1. The molecule has 1 unspecified atom stereocenters. The Hall–Kier alpha value is -2.31. The molecule has 1 aromatic carbocycles. The zero-order valence-electron chi connectivity index (χ0n) is 13.0. The van der Waals surface area contributed by atoms with Crippen LogP contribution in [0.25, 0.3) is 11.3 Å². The summed E-state index contributed by atoms with van der Waals surface area (Å²) >= 11 is 0. The molecule has 2 aromatic rings. The third-order valence-corrected chi connectivity index (χ3v) is 4.24. The number of nitrogens with zero attached hydrogens (tertiary/aromatic N) is 3. The number of aromatic nitrogens is 2. The Labute approximate surface area is 137 Å². The van der Waals surface area contributed by atoms with Crippen LogP contribution in [0.2, 0.25) is 0 Å². The summed E-state index contributed by atoms with van der Waals surface area (Å²) in [6.45, 7) is 0.0742. The van der Waals surface area contributed by atoms with Crippen LogP contribution in [0.5, 0.6) is 0 Å². The van der Waals surface area contributed by atoms with Crippen LogP contribution in [-0.2, 0) is 11.3 Å². The molecule has 1 aliphatic heterocycles. The summed E-state index contributed by atoms with van der Waals surface area (Å²) in [6.07, 6.45) is -2.10. The van der Waals surface area contributed by atoms with Gasteiger partial charge in [-0.1, -0.05) is 30.3 Å². The van der Waals surface area contributed by atoms with Crippen LogP contribution in [0.4, 0.5) is 13.2 Å². The Balaban J connectivity index is 1.64. The molecule has 0 bridgehead atoms. The summed E-state index contributed by atoms with van der Waals surface area (Å²) in [4.78, 5) is 13.6. The van der Waals surface area contributed by atoms with Crippen LogP contribution < -0.4 is 0 Å². The largest absolute Gasteiger partial charge is 0.393 e. The number of hydrogen-bond acceptors (Lipinski definition) is 2. The predicted molar refractivity (Wildman–Crippen MR) is 83.0 cm³/mol. The maximum absolute atomic E-state index is 12.8. The molecule has 1 amide bonds. The Morgan fingerprint density at radius 1 is 1.21 bits per heavy atom. The summed E-state index contributed by atoms with van der Waals surface area (Å²) in [5.74, 6) is -1.75. The van der Waals surface area contributed by atoms with E-state index in [1.165, 1.54) is 9.58 Å². The molecule has 1 aromatic heterocycles. The molecule has 0 radical (unpaired) electrons. The van der Waals surface area contributed by atoms with Crippen LogP contribution in [0.1, 0.15) is 12.8 Å². The molecular weight excluding hydrogens is 319 g/mol. The van der Waals surface area contributed by atoms with Crippen LogP contribution in [-0.4, -0.2) is 39.9 Å². The Morgan fingerprint density at radius 3 is 2.67 bits per heavy atom. The lowest BCUT2D eigenvalue weighted by molar-refractivity contribution is -0.188. The summed E-state index contributed by atoms with van der Waals surface area (Å²) in [7, 11) is 0. The van der Waals surface area contributed by atoms with Gasteiger partial charge in [0, 0.05) is 24.8 Å². The van der Waals surface area contributed by atoms with Gasteiger partial charge in [0.15, 0.2) is 0 Å². The molecule has 0 aliphatic carbocycles. The average Bonchev–Trinajstić information content (AvgIpc) is 3.03. The van der Waals surface area contributed by atoms with E-state index in [2.05, 4.69) is 5.10 Å². The molecule has 1 fully saturated rings. The van der Waals surface area contributed by atoms with Crippen molar-refractivity contribution in [3.05, 3.63) is 42.6 Å². The van der Waals surface area contributed by atoms with Gasteiger partial charge in [-0.05, 0) is 18.9 Å². The predicted octanol–water partition coefficient (Wildman–Crippen LogP) is 3.35. The van der Waals surface area contributed by atoms with Gasteiger partial charge < -0.3 is 4.90 Å². The third-order valence-electron chi connectivity index (χ3n) is 4.24. The molecule has 1 atom stereocenters. The molecule has 24 heavy (non-hydrogen) atoms. The second-order valence-corrected chi connectivity index (χ2v) is 5.99. The first-order valence-corrected chi connectivity index (χ1v) is 7.87. The Morgan fingerprint density at radius 2 is 1.96 bits per heavy atom. The van der Waals surface area contributed by atoms with E-state index < -0.39 is 12.1 Å². The van der Waals surface area contributed by atoms with E-state index >= 15 is 0 Å². The van der Waals surface area contributed by atoms with E-state index in [4.69, 9.17) is 0 Å². The van der Waals surface area contributed by atoms with Crippen molar-refractivity contribution in [3.8, 4) is 11.3 Å². The number of benzene rings is 1. The summed E-state index contributed by atoms with van der Waals surface area (Å²) in [6, 6.07) is 11.3. The van der Waals surface area contributed by atoms with Crippen LogP contribution >= 0.6 is 0 Å². The van der Waals surface area contributed by atoms with Crippen molar-refractivity contribution in [1.29, 1.82) is 0 Å². The fraction of sp³-hybridized carbons (Fsp3) is 0.412. The molecule has 0 N–H and O–H groups in total. The molecule has 4 nitrogen and oxygen atoms in total. The monoisotopic (exact) mass is 337 g/mol. The Bertz CT molecular complexity index is 697. The number of amides is 1. The van der Waals surface area contributed by atoms with E-state index in [9.17, 15) is 18.0 Å². The first kappa shape index (κ1) is 16.5. The quantitative estimate of drug-likeness (QED) is 0.861. The van der Waals surface area contributed by atoms with Crippen molar-refractivity contribution < 1.29 is 18.0 Å². The van der Waals surface area contributed by atoms with Crippen molar-refractivity contribution in [2.24, 2.45) is 5.92 Å². The molecule has 1 saturated heterocycles. The summed E-state index contributed by atoms with van der Waals surface area (Å²) in [5.41, 5.74) is 1.66. The van der Waals surface area contributed by atoms with Gasteiger partial charge in [0.05, 0.1) is 11.6 Å². The SMILES string of the molecule is O=C(Cn1ccc(-c2ccccc2)n1)N1CCCC(C(F)(F)F)C1. The average molecular weight is 337 g/mol. The molecular formula is C17H18F3N3O. The van der Waals surface area contributed by atoms with E-state index in [0.717, 1.165) is 11.3 Å². The fourth-order valence-electron chi connectivity index (χ4n) is 2.92. The fourth-order valence-corrected chi connectivity index (χ4v) is 2.92. The highest BCUT2D eigenvalue weighted by Crippen LogP contribution is 2.33. The number of hydrogen-bond donors (Lipinski definition) is 0. The minimum Gasteiger partial charge on any atom is -0.340 e. The van der Waals surface area contributed by atoms with Crippen molar-refractivity contribution in [3.63, 3.8) is 0 Å². The van der Waals surface area contributed by atoms with Crippen molar-refractivity contribution in [2.75, 3.05) is 13.1 Å². The van der Waals surface area contributed by atoms with Crippen molar-refractivity contribution in [1.82, 2.24) is 14.7 Å². The zero-order chi connectivity index (χ0) is 17.2. The first-order valence-electron chi connectivity index (χ1n) is 7.87. The number of halogens is 3. The molecule has 2 heterocycles. The molecule has 128 valence electrons. The molecule has 0 spiro atoms. The highest BCUT2D eigenvalue weighted by molar-refractivity contribution is 5.76. The smallest absolute Gasteiger partial charge is 0.340 e. The van der Waals surface area contributed by atoms with Gasteiger partial charge in [-0.2, -0.15) is 18.3 Å². The minimum absolute atomic E-state index is 0.0442. The lowest BCUT2D eigenvalue weighted by Gasteiger charge is -2.33. The number of carbonyl (C=O) groups is 1. The maximum atomic E-state index is 12.8. The van der Waals surface area contributed by atoms with Crippen molar-refractivity contribution in [2.45, 2.75) is 25.6 Å². The van der Waals surface area contributed by atoms with Gasteiger partial charge in [-0.15, -0.1) is 0 Å². The van der Waals surface area contributed by atoms with Gasteiger partial charge >= 0.3 is 6.18 Å². The van der Waals surface area contributed by atoms with Crippen LogP contribution in [0.15, 0.2) is 42.6 Å². The summed E-state index contributed by atoms with van der Waals surface area (Å²) in [5, 5.41) is 4.33. The molecule has 7 heteroatoms. The van der Waals surface area contributed by atoms with Gasteiger partial charge in [0.2, 0.25) is 5.91 Å². The first-order chi connectivity index (χ1) is 11.4. The summed E-state index contributed by atoms with van der Waals surface area (Å²) < 4.78 is 40.0. The highest BCUT2D eigenvalue weighted by Gasteiger charge is 2.42. The van der Waals surface area contributed by atoms with E-state index in [-0.39, 0.29) is 25.4 Å². The van der Waals surface area contributed by atoms with Gasteiger partial charge in [0.1, 0.15) is 6.54 Å². The van der Waals surface area contributed by atoms with E-state index in [1.807, 2.05) is 30.3 Å². The molecule has 1 aliphatic rings. The van der Waals surface area contributed by atoms with E-state index in [0.29, 0.717) is 13.0 Å². The number of alkyl halides is 3. The lowest BCUT2D eigenvalue weighted by Crippen LogP contribution is -2.45. The number of piperidine rings is 1. The highest BCUT2D eigenvalue weighted by atomic mass is 19.4. The minimum atomic E-state index is -4.24. The van der Waals surface area contributed by atoms with Gasteiger partial charge in [-0.3, -0.25) is 9.48 Å². The number of carbonyl (C=O) groups excluding carboxylic acids is 1. The Kier molecular flexibility index (Phi) is 4.59. The second-order valence-electron chi connectivity index (χ2n) is 5.99. The van der Waals surface area contributed by atoms with Gasteiger partial charge in [-0.25, -0.2) is 0 Å². The standard InChI is InChI=1S/C17H18F3N3O/c18-17(19,20)14-7-4-9-22(11-14)16(24)12-23-10-8-15(21-23)13-5-2-1-3-6-13/h1-3,5-6,8,10,14H,4,7,9,11-12H2. The molecule has 0 saturated carbocycles. The lowest BCUT2D eigenvalue weighted by atomic mass is 9.97. The zero-order valence-corrected chi connectivity index (χ0v) is 13.0. The second kappa shape index (κ2) is 6.67. The topological polar surface area (TPSA) is 38.1 Å². The number of rotatable bonds is 3. The maximum Gasteiger partial charge on any atom is 0.393 e. The molecule has 3 rings (SSSR count). The van der Waals surface area contributed by atoms with Crippen molar-refractivity contribution >= 4 is 5.91 Å². The van der Waals surface area contributed by atoms with E-state index in [1.54, 1.807) is 12.3 Å². The van der Waals surface area contributed by atoms with Gasteiger partial charge in [0.25, 0.3) is 0 Å². The normalized spacial score (nSPS) is 18.6. The van der Waals surface area contributed by atoms with Crippen LogP contribution in [0, 0.1) is 5.92 Å². The van der Waals surface area contributed by atoms with Crippen LogP contribution in [0.3, 0.4) is 0 Å².